The third-order valence-electron chi connectivity index (χ3n) is 2.78. The molecule has 0 aromatic carbocycles. The van der Waals surface area contributed by atoms with Crippen LogP contribution >= 0.6 is 0 Å². The van der Waals surface area contributed by atoms with Crippen molar-refractivity contribution >= 4 is 5.95 Å². The molecule has 1 N–H and O–H groups in total. The van der Waals surface area contributed by atoms with Crippen molar-refractivity contribution in [1.82, 2.24) is 24.7 Å². The van der Waals surface area contributed by atoms with Gasteiger partial charge < -0.3 is 9.88 Å². The number of nitrogens with one attached hydrogen (secondary N) is 1. The molecule has 0 saturated heterocycles. The number of unbranched alkanes of at least 4 members (excludes halogenated alkanes) is 1. The largest absolute Gasteiger partial charge is 0.353 e. The van der Waals surface area contributed by atoms with Crippen molar-refractivity contribution in [3.8, 4) is 0 Å². The van der Waals surface area contributed by atoms with Gasteiger partial charge in [-0.05, 0) is 26.7 Å². The molecule has 0 atom stereocenters. The minimum Gasteiger partial charge on any atom is -0.353 e. The fourth-order valence-corrected chi connectivity index (χ4v) is 1.57. The highest BCUT2D eigenvalue weighted by atomic mass is 15.2. The third-order valence-corrected chi connectivity index (χ3v) is 2.78. The van der Waals surface area contributed by atoms with Crippen molar-refractivity contribution < 1.29 is 0 Å². The summed E-state index contributed by atoms with van der Waals surface area (Å²) in [5, 5.41) is 11.2. The van der Waals surface area contributed by atoms with Gasteiger partial charge in [0.1, 0.15) is 0 Å². The Kier molecular flexibility index (Phi) is 4.22. The lowest BCUT2D eigenvalue weighted by atomic mass is 10.3. The van der Waals surface area contributed by atoms with Crippen molar-refractivity contribution in [1.29, 1.82) is 0 Å². The van der Waals surface area contributed by atoms with Crippen LogP contribution in [0.2, 0.25) is 0 Å². The van der Waals surface area contributed by atoms with Crippen molar-refractivity contribution in [2.45, 2.75) is 33.2 Å². The second-order valence-corrected chi connectivity index (χ2v) is 4.24. The highest BCUT2D eigenvalue weighted by Gasteiger charge is 2.00. The Bertz CT molecular complexity index is 479. The summed E-state index contributed by atoms with van der Waals surface area (Å²) in [4.78, 5) is 8.33. The molecule has 0 fully saturated rings. The van der Waals surface area contributed by atoms with Crippen LogP contribution in [-0.2, 0) is 6.54 Å². The van der Waals surface area contributed by atoms with Gasteiger partial charge in [-0.2, -0.15) is 5.10 Å². The first-order chi connectivity index (χ1) is 8.75. The van der Waals surface area contributed by atoms with E-state index in [4.69, 9.17) is 0 Å². The number of anilines is 1. The molecule has 18 heavy (non-hydrogen) atoms. The molecule has 0 radical (unpaired) electrons. The molecule has 0 bridgehead atoms. The smallest absolute Gasteiger partial charge is 0.242 e. The van der Waals surface area contributed by atoms with Crippen LogP contribution in [-0.4, -0.2) is 31.3 Å². The fraction of sp³-hybridized carbons (Fsp3) is 0.500. The van der Waals surface area contributed by atoms with Gasteiger partial charge in [-0.3, -0.25) is 0 Å². The first-order valence-electron chi connectivity index (χ1n) is 6.13. The molecule has 96 valence electrons. The van der Waals surface area contributed by atoms with Crippen LogP contribution in [0.4, 0.5) is 5.95 Å². The van der Waals surface area contributed by atoms with Gasteiger partial charge in [0.25, 0.3) is 0 Å². The van der Waals surface area contributed by atoms with Gasteiger partial charge >= 0.3 is 0 Å². The average molecular weight is 246 g/mol. The first-order valence-corrected chi connectivity index (χ1v) is 6.13. The molecule has 2 aromatic heterocycles. The van der Waals surface area contributed by atoms with E-state index in [1.165, 1.54) is 0 Å². The number of nitrogens with zero attached hydrogens (tertiary/aromatic N) is 5. The van der Waals surface area contributed by atoms with Crippen molar-refractivity contribution in [2.75, 3.05) is 11.9 Å². The highest BCUT2D eigenvalue weighted by Crippen LogP contribution is 2.02. The van der Waals surface area contributed by atoms with E-state index in [1.807, 2.05) is 26.4 Å². The lowest BCUT2D eigenvalue weighted by Crippen LogP contribution is -2.09. The summed E-state index contributed by atoms with van der Waals surface area (Å²) in [6.07, 6.45) is 7.77. The normalized spacial score (nSPS) is 10.6. The van der Waals surface area contributed by atoms with Gasteiger partial charge in [0.2, 0.25) is 5.95 Å². The third kappa shape index (κ3) is 3.51. The van der Waals surface area contributed by atoms with Crippen LogP contribution in [0.25, 0.3) is 0 Å². The second kappa shape index (κ2) is 6.09. The minimum atomic E-state index is 0.612. The number of aromatic nitrogens is 5. The topological polar surface area (TPSA) is 68.5 Å². The van der Waals surface area contributed by atoms with E-state index in [0.29, 0.717) is 5.95 Å². The molecule has 0 aliphatic heterocycles. The maximum Gasteiger partial charge on any atom is 0.242 e. The molecule has 6 heteroatoms. The number of hydrogen-bond acceptors (Lipinski definition) is 5. The molecule has 2 heterocycles. The average Bonchev–Trinajstić information content (AvgIpc) is 2.86. The summed E-state index contributed by atoms with van der Waals surface area (Å²) in [6.45, 7) is 5.70. The predicted molar refractivity (Wildman–Crippen MR) is 69.3 cm³/mol. The van der Waals surface area contributed by atoms with Crippen LogP contribution < -0.4 is 5.32 Å². The lowest BCUT2D eigenvalue weighted by Gasteiger charge is -2.06. The highest BCUT2D eigenvalue weighted by molar-refractivity contribution is 5.24. The Labute approximate surface area is 106 Å². The number of aryl methyl sites for hydroxylation is 3. The number of rotatable bonds is 6. The van der Waals surface area contributed by atoms with Gasteiger partial charge in [0, 0.05) is 25.5 Å². The van der Waals surface area contributed by atoms with Gasteiger partial charge in [-0.1, -0.05) is 0 Å². The standard InChI is InChI=1S/C12H18N6/c1-10-11(2)16-17-12(15-10)14-5-3-4-7-18-8-6-13-9-18/h6,8-9H,3-5,7H2,1-2H3,(H,14,15,17). The summed E-state index contributed by atoms with van der Waals surface area (Å²) in [5.41, 5.74) is 1.80. The van der Waals surface area contributed by atoms with Crippen molar-refractivity contribution in [2.24, 2.45) is 0 Å². The zero-order valence-corrected chi connectivity index (χ0v) is 10.8. The van der Waals surface area contributed by atoms with Crippen LogP contribution in [0.15, 0.2) is 18.7 Å². The van der Waals surface area contributed by atoms with Crippen LogP contribution in [0.5, 0.6) is 0 Å². The SMILES string of the molecule is Cc1nnc(NCCCCn2ccnc2)nc1C. The van der Waals surface area contributed by atoms with Crippen molar-refractivity contribution in [3.63, 3.8) is 0 Å². The van der Waals surface area contributed by atoms with Crippen LogP contribution in [0, 0.1) is 13.8 Å². The molecule has 2 rings (SSSR count). The molecular weight excluding hydrogens is 228 g/mol. The maximum absolute atomic E-state index is 4.32. The van der Waals surface area contributed by atoms with E-state index in [2.05, 4.69) is 30.0 Å². The van der Waals surface area contributed by atoms with Crippen LogP contribution in [0.3, 0.4) is 0 Å². The fourth-order valence-electron chi connectivity index (χ4n) is 1.57. The van der Waals surface area contributed by atoms with Gasteiger partial charge in [-0.25, -0.2) is 9.97 Å². The molecule has 0 aliphatic rings. The Morgan fingerprint density at radius 3 is 2.78 bits per heavy atom. The van der Waals surface area contributed by atoms with E-state index in [0.717, 1.165) is 37.3 Å². The van der Waals surface area contributed by atoms with E-state index in [9.17, 15) is 0 Å². The quantitative estimate of drug-likeness (QED) is 0.784. The number of imidazole rings is 1. The summed E-state index contributed by atoms with van der Waals surface area (Å²) in [7, 11) is 0. The Morgan fingerprint density at radius 1 is 1.17 bits per heavy atom. The summed E-state index contributed by atoms with van der Waals surface area (Å²) >= 11 is 0. The zero-order chi connectivity index (χ0) is 12.8. The number of hydrogen-bond donors (Lipinski definition) is 1. The molecule has 2 aromatic rings. The summed E-state index contributed by atoms with van der Waals surface area (Å²) in [5.74, 6) is 0.612. The molecule has 0 amide bonds. The minimum absolute atomic E-state index is 0.612. The second-order valence-electron chi connectivity index (χ2n) is 4.24. The molecule has 0 saturated carbocycles. The van der Waals surface area contributed by atoms with E-state index in [1.54, 1.807) is 6.20 Å². The Balaban J connectivity index is 1.67. The monoisotopic (exact) mass is 246 g/mol. The molecule has 0 aliphatic carbocycles. The predicted octanol–water partition coefficient (Wildman–Crippen LogP) is 1.58. The zero-order valence-electron chi connectivity index (χ0n) is 10.8. The molecular formula is C12H18N6. The Hall–Kier alpha value is -1.98. The van der Waals surface area contributed by atoms with E-state index >= 15 is 0 Å². The molecule has 6 nitrogen and oxygen atoms in total. The first kappa shape index (κ1) is 12.5. The van der Waals surface area contributed by atoms with E-state index in [-0.39, 0.29) is 0 Å². The summed E-state index contributed by atoms with van der Waals surface area (Å²) < 4.78 is 2.08. The van der Waals surface area contributed by atoms with Gasteiger partial charge in [-0.15, -0.1) is 5.10 Å². The van der Waals surface area contributed by atoms with Gasteiger partial charge in [0.05, 0.1) is 17.7 Å². The molecule has 0 spiro atoms. The van der Waals surface area contributed by atoms with E-state index < -0.39 is 0 Å². The Morgan fingerprint density at radius 2 is 2.06 bits per heavy atom. The summed E-state index contributed by atoms with van der Waals surface area (Å²) in [6, 6.07) is 0. The van der Waals surface area contributed by atoms with Crippen LogP contribution in [0.1, 0.15) is 24.2 Å². The lowest BCUT2D eigenvalue weighted by molar-refractivity contribution is 0.619. The van der Waals surface area contributed by atoms with Crippen molar-refractivity contribution in [3.05, 3.63) is 30.1 Å². The maximum atomic E-state index is 4.32. The van der Waals surface area contributed by atoms with Gasteiger partial charge in [0.15, 0.2) is 0 Å². The molecule has 0 unspecified atom stereocenters.